The molecule has 2 saturated heterocycles. The molecule has 154 valence electrons. The van der Waals surface area contributed by atoms with E-state index in [0.717, 1.165) is 31.6 Å². The molecule has 0 radical (unpaired) electrons. The van der Waals surface area contributed by atoms with Crippen molar-refractivity contribution in [2.75, 3.05) is 18.4 Å². The molecule has 7 nitrogen and oxygen atoms in total. The Bertz CT molecular complexity index is 727. The third kappa shape index (κ3) is 4.83. The number of nitrogens with zero attached hydrogens (tertiary/aromatic N) is 1. The van der Waals surface area contributed by atoms with E-state index < -0.39 is 11.5 Å². The summed E-state index contributed by atoms with van der Waals surface area (Å²) in [7, 11) is 0. The van der Waals surface area contributed by atoms with Gasteiger partial charge in [-0.2, -0.15) is 0 Å². The van der Waals surface area contributed by atoms with E-state index in [1.165, 1.54) is 5.56 Å². The van der Waals surface area contributed by atoms with Gasteiger partial charge in [-0.15, -0.1) is 12.4 Å². The number of hydrogen-bond donors (Lipinski definition) is 3. The highest BCUT2D eigenvalue weighted by molar-refractivity contribution is 6.01. The van der Waals surface area contributed by atoms with Gasteiger partial charge in [-0.1, -0.05) is 12.1 Å². The van der Waals surface area contributed by atoms with Gasteiger partial charge in [0.15, 0.2) is 0 Å². The van der Waals surface area contributed by atoms with Gasteiger partial charge in [-0.3, -0.25) is 24.6 Å². The molecule has 2 aliphatic heterocycles. The van der Waals surface area contributed by atoms with E-state index in [1.54, 1.807) is 13.8 Å². The van der Waals surface area contributed by atoms with Gasteiger partial charge < -0.3 is 10.4 Å². The number of aliphatic carboxylic acids is 1. The lowest BCUT2D eigenvalue weighted by molar-refractivity contribution is -0.150. The molecule has 0 aromatic heterocycles. The third-order valence-electron chi connectivity index (χ3n) is 5.77. The third-order valence-corrected chi connectivity index (χ3v) is 5.77. The number of rotatable bonds is 5. The van der Waals surface area contributed by atoms with Crippen molar-refractivity contribution >= 4 is 35.9 Å². The largest absolute Gasteiger partial charge is 0.480 e. The Kier molecular flexibility index (Phi) is 7.06. The Morgan fingerprint density at radius 3 is 2.29 bits per heavy atom. The molecule has 2 aliphatic rings. The van der Waals surface area contributed by atoms with Crippen molar-refractivity contribution in [2.45, 2.75) is 57.0 Å². The number of likely N-dealkylation sites (tertiary alicyclic amines) is 1. The molecule has 1 aromatic carbocycles. The van der Waals surface area contributed by atoms with Crippen LogP contribution < -0.4 is 10.6 Å². The second kappa shape index (κ2) is 8.92. The van der Waals surface area contributed by atoms with Crippen LogP contribution in [0.3, 0.4) is 0 Å². The van der Waals surface area contributed by atoms with Gasteiger partial charge in [0.2, 0.25) is 11.8 Å². The first-order chi connectivity index (χ1) is 12.8. The molecular formula is C20H28ClN3O4. The highest BCUT2D eigenvalue weighted by Crippen LogP contribution is 2.32. The van der Waals surface area contributed by atoms with Crippen LogP contribution in [0.25, 0.3) is 0 Å². The summed E-state index contributed by atoms with van der Waals surface area (Å²) in [6, 6.07) is 7.68. The Labute approximate surface area is 171 Å². The minimum Gasteiger partial charge on any atom is -0.480 e. The molecule has 0 aliphatic carbocycles. The molecule has 0 saturated carbocycles. The highest BCUT2D eigenvalue weighted by Gasteiger charge is 2.36. The van der Waals surface area contributed by atoms with Gasteiger partial charge in [0.25, 0.3) is 0 Å². The van der Waals surface area contributed by atoms with E-state index >= 15 is 0 Å². The molecule has 3 N–H and O–H groups in total. The summed E-state index contributed by atoms with van der Waals surface area (Å²) in [5.41, 5.74) is 1.26. The number of nitrogens with one attached hydrogen (secondary N) is 2. The molecule has 0 bridgehead atoms. The predicted molar refractivity (Wildman–Crippen MR) is 109 cm³/mol. The number of carboxylic acids is 1. The summed E-state index contributed by atoms with van der Waals surface area (Å²) >= 11 is 0. The lowest BCUT2D eigenvalue weighted by Crippen LogP contribution is -2.52. The fraction of sp³-hybridized carbons (Fsp3) is 0.550. The number of piperidine rings is 2. The second-order valence-corrected chi connectivity index (χ2v) is 7.90. The van der Waals surface area contributed by atoms with Crippen LogP contribution in [-0.4, -0.2) is 52.5 Å². The van der Waals surface area contributed by atoms with E-state index in [1.807, 2.05) is 17.0 Å². The molecule has 1 aromatic rings. The predicted octanol–water partition coefficient (Wildman–Crippen LogP) is 2.37. The summed E-state index contributed by atoms with van der Waals surface area (Å²) in [5.74, 6) is -0.866. The lowest BCUT2D eigenvalue weighted by atomic mass is 9.87. The molecule has 0 spiro atoms. The summed E-state index contributed by atoms with van der Waals surface area (Å²) in [4.78, 5) is 36.5. The number of carboxylic acid groups (broad SMARTS) is 1. The minimum atomic E-state index is -0.833. The second-order valence-electron chi connectivity index (χ2n) is 7.90. The van der Waals surface area contributed by atoms with Gasteiger partial charge in [0.05, 0.1) is 0 Å². The Morgan fingerprint density at radius 1 is 1.14 bits per heavy atom. The summed E-state index contributed by atoms with van der Waals surface area (Å²) in [5, 5.41) is 14.9. The zero-order valence-electron chi connectivity index (χ0n) is 16.2. The van der Waals surface area contributed by atoms with Crippen molar-refractivity contribution in [1.82, 2.24) is 10.2 Å². The number of imide groups is 1. The van der Waals surface area contributed by atoms with E-state index in [4.69, 9.17) is 0 Å². The quantitative estimate of drug-likeness (QED) is 0.646. The SMILES string of the molecule is CC(C)(C(=O)O)N1CCC(c2ccc(NC3CCC(=O)NC3=O)cc2)CC1.Cl. The van der Waals surface area contributed by atoms with Crippen LogP contribution in [0.2, 0.25) is 0 Å². The molecule has 3 rings (SSSR count). The number of carbonyl (C=O) groups excluding carboxylic acids is 2. The van der Waals surface area contributed by atoms with Crippen LogP contribution in [0.1, 0.15) is 51.0 Å². The number of anilines is 1. The van der Waals surface area contributed by atoms with E-state index in [-0.39, 0.29) is 30.3 Å². The maximum Gasteiger partial charge on any atom is 0.323 e. The van der Waals surface area contributed by atoms with Crippen LogP contribution in [0.4, 0.5) is 5.69 Å². The molecule has 8 heteroatoms. The molecular weight excluding hydrogens is 382 g/mol. The standard InChI is InChI=1S/C20H27N3O4.ClH/c1-20(2,19(26)27)23-11-9-14(10-12-23)13-3-5-15(6-4-13)21-16-7-8-17(24)22-18(16)25;/h3-6,14,16,21H,7-12H2,1-2H3,(H,26,27)(H,22,24,25);1H. The van der Waals surface area contributed by atoms with E-state index in [2.05, 4.69) is 22.8 Å². The average Bonchev–Trinajstić information content (AvgIpc) is 2.64. The number of carbonyl (C=O) groups is 3. The fourth-order valence-electron chi connectivity index (χ4n) is 3.79. The number of amides is 2. The fourth-order valence-corrected chi connectivity index (χ4v) is 3.79. The van der Waals surface area contributed by atoms with Crippen molar-refractivity contribution in [3.05, 3.63) is 29.8 Å². The molecule has 1 atom stereocenters. The van der Waals surface area contributed by atoms with E-state index in [0.29, 0.717) is 18.8 Å². The first-order valence-electron chi connectivity index (χ1n) is 9.46. The minimum absolute atomic E-state index is 0. The first-order valence-corrected chi connectivity index (χ1v) is 9.46. The molecule has 2 amide bonds. The molecule has 1 unspecified atom stereocenters. The van der Waals surface area contributed by atoms with E-state index in [9.17, 15) is 19.5 Å². The molecule has 28 heavy (non-hydrogen) atoms. The maximum atomic E-state index is 11.8. The monoisotopic (exact) mass is 409 g/mol. The Balaban J connectivity index is 0.00000280. The van der Waals surface area contributed by atoms with Gasteiger partial charge in [-0.25, -0.2) is 0 Å². The van der Waals surface area contributed by atoms with Crippen LogP contribution in [0.5, 0.6) is 0 Å². The number of benzene rings is 1. The normalized spacial score (nSPS) is 21.6. The average molecular weight is 410 g/mol. The lowest BCUT2D eigenvalue weighted by Gasteiger charge is -2.40. The van der Waals surface area contributed by atoms with Crippen molar-refractivity contribution in [3.63, 3.8) is 0 Å². The van der Waals surface area contributed by atoms with Gasteiger partial charge >= 0.3 is 5.97 Å². The zero-order chi connectivity index (χ0) is 19.6. The summed E-state index contributed by atoms with van der Waals surface area (Å²) in [6.07, 6.45) is 2.71. The zero-order valence-corrected chi connectivity index (χ0v) is 17.1. The maximum absolute atomic E-state index is 11.8. The van der Waals surface area contributed by atoms with Gasteiger partial charge in [0.1, 0.15) is 11.6 Å². The van der Waals surface area contributed by atoms with Crippen LogP contribution in [0, 0.1) is 0 Å². The molecule has 2 fully saturated rings. The molecule has 2 heterocycles. The van der Waals surface area contributed by atoms with Crippen molar-refractivity contribution < 1.29 is 19.5 Å². The first kappa shape index (κ1) is 22.2. The smallest absolute Gasteiger partial charge is 0.323 e. The van der Waals surface area contributed by atoms with Crippen molar-refractivity contribution in [1.29, 1.82) is 0 Å². The number of halogens is 1. The van der Waals surface area contributed by atoms with Crippen LogP contribution >= 0.6 is 12.4 Å². The van der Waals surface area contributed by atoms with Crippen LogP contribution in [-0.2, 0) is 14.4 Å². The Morgan fingerprint density at radius 2 is 1.75 bits per heavy atom. The van der Waals surface area contributed by atoms with Gasteiger partial charge in [-0.05, 0) is 69.8 Å². The Hall–Kier alpha value is -2.12. The van der Waals surface area contributed by atoms with Crippen molar-refractivity contribution in [2.24, 2.45) is 0 Å². The van der Waals surface area contributed by atoms with Gasteiger partial charge in [0, 0.05) is 12.1 Å². The topological polar surface area (TPSA) is 98.7 Å². The summed E-state index contributed by atoms with van der Waals surface area (Å²) < 4.78 is 0. The highest BCUT2D eigenvalue weighted by atomic mass is 35.5. The summed E-state index contributed by atoms with van der Waals surface area (Å²) in [6.45, 7) is 5.04. The van der Waals surface area contributed by atoms with Crippen LogP contribution in [0.15, 0.2) is 24.3 Å². The van der Waals surface area contributed by atoms with Crippen molar-refractivity contribution in [3.8, 4) is 0 Å². The number of hydrogen-bond acceptors (Lipinski definition) is 5.